The third-order valence-electron chi connectivity index (χ3n) is 4.66. The van der Waals surface area contributed by atoms with Crippen LogP contribution in [-0.4, -0.2) is 66.3 Å². The molecule has 11 heteroatoms. The maximum atomic E-state index is 6.16. The van der Waals surface area contributed by atoms with Crippen molar-refractivity contribution in [3.63, 3.8) is 0 Å². The van der Waals surface area contributed by atoms with E-state index in [-0.39, 0.29) is 12.1 Å². The van der Waals surface area contributed by atoms with E-state index in [4.69, 9.17) is 28.7 Å². The van der Waals surface area contributed by atoms with E-state index >= 15 is 0 Å². The lowest BCUT2D eigenvalue weighted by atomic mass is 10.0. The number of nitrogens with one attached hydrogen (secondary N) is 1. The van der Waals surface area contributed by atoms with E-state index in [9.17, 15) is 0 Å². The molecule has 1 aromatic heterocycles. The van der Waals surface area contributed by atoms with Gasteiger partial charge in [-0.3, -0.25) is 0 Å². The summed E-state index contributed by atoms with van der Waals surface area (Å²) in [5.41, 5.74) is 31.1. The number of rotatable bonds is 8. The van der Waals surface area contributed by atoms with Crippen molar-refractivity contribution >= 4 is 29.2 Å². The highest BCUT2D eigenvalue weighted by molar-refractivity contribution is 5.59. The number of piperidine rings is 1. The first-order chi connectivity index (χ1) is 14.0. The maximum absolute atomic E-state index is 6.16. The third-order valence-corrected chi connectivity index (χ3v) is 4.66. The van der Waals surface area contributed by atoms with Crippen LogP contribution in [0.25, 0.3) is 0 Å². The van der Waals surface area contributed by atoms with E-state index in [1.54, 1.807) is 0 Å². The van der Waals surface area contributed by atoms with E-state index < -0.39 is 0 Å². The SMILES string of the molecule is NCCN(CCN)c1nc(Nc2ccc(N)cc2)nc(N2C[C@H](N)C[C@H](N)C2)n1. The summed E-state index contributed by atoms with van der Waals surface area (Å²) in [7, 11) is 0. The van der Waals surface area contributed by atoms with Crippen LogP contribution in [-0.2, 0) is 0 Å². The number of nitrogen functional groups attached to an aromatic ring is 1. The molecule has 0 spiro atoms. The van der Waals surface area contributed by atoms with Gasteiger partial charge in [0.15, 0.2) is 0 Å². The summed E-state index contributed by atoms with van der Waals surface area (Å²) >= 11 is 0. The van der Waals surface area contributed by atoms with E-state index in [1.165, 1.54) is 0 Å². The average Bonchev–Trinajstić information content (AvgIpc) is 2.69. The van der Waals surface area contributed by atoms with Crippen molar-refractivity contribution in [3.05, 3.63) is 24.3 Å². The Morgan fingerprint density at radius 1 is 0.966 bits per heavy atom. The van der Waals surface area contributed by atoms with Gasteiger partial charge in [-0.1, -0.05) is 0 Å². The third kappa shape index (κ3) is 5.64. The van der Waals surface area contributed by atoms with Gasteiger partial charge in [-0.05, 0) is 30.7 Å². The van der Waals surface area contributed by atoms with Crippen LogP contribution in [0.5, 0.6) is 0 Å². The molecule has 11 N–H and O–H groups in total. The van der Waals surface area contributed by atoms with Crippen LogP contribution in [0.2, 0.25) is 0 Å². The minimum Gasteiger partial charge on any atom is -0.399 e. The molecule has 0 aliphatic carbocycles. The number of hydrogen-bond acceptors (Lipinski definition) is 11. The zero-order chi connectivity index (χ0) is 20.8. The Bertz CT molecular complexity index is 766. The van der Waals surface area contributed by atoms with Gasteiger partial charge in [0, 0.05) is 62.7 Å². The summed E-state index contributed by atoms with van der Waals surface area (Å²) in [5, 5.41) is 3.22. The molecule has 29 heavy (non-hydrogen) atoms. The summed E-state index contributed by atoms with van der Waals surface area (Å²) in [6, 6.07) is 7.28. The Hall–Kier alpha value is -2.73. The van der Waals surface area contributed by atoms with Crippen molar-refractivity contribution in [2.45, 2.75) is 18.5 Å². The molecule has 0 saturated carbocycles. The van der Waals surface area contributed by atoms with Crippen molar-refractivity contribution in [1.29, 1.82) is 0 Å². The molecule has 0 unspecified atom stereocenters. The first kappa shape index (κ1) is 21.0. The molecule has 1 aliphatic rings. The van der Waals surface area contributed by atoms with Crippen LogP contribution in [0, 0.1) is 0 Å². The smallest absolute Gasteiger partial charge is 0.233 e. The zero-order valence-corrected chi connectivity index (χ0v) is 16.5. The molecular weight excluding hydrogens is 370 g/mol. The van der Waals surface area contributed by atoms with Crippen LogP contribution in [0.15, 0.2) is 24.3 Å². The molecule has 158 valence electrons. The maximum Gasteiger partial charge on any atom is 0.233 e. The summed E-state index contributed by atoms with van der Waals surface area (Å²) < 4.78 is 0. The Labute approximate surface area is 170 Å². The molecule has 1 aromatic carbocycles. The predicted octanol–water partition coefficient (Wildman–Crippen LogP) is -1.21. The summed E-state index contributed by atoms with van der Waals surface area (Å²) in [6.07, 6.45) is 0.775. The second-order valence-corrected chi connectivity index (χ2v) is 7.23. The molecule has 0 radical (unpaired) electrons. The average molecular weight is 402 g/mol. The van der Waals surface area contributed by atoms with Crippen LogP contribution < -0.4 is 43.8 Å². The number of aromatic nitrogens is 3. The highest BCUT2D eigenvalue weighted by Crippen LogP contribution is 2.22. The molecule has 0 amide bonds. The number of hydrogen-bond donors (Lipinski definition) is 6. The number of nitrogens with zero attached hydrogens (tertiary/aromatic N) is 5. The number of nitrogens with two attached hydrogens (primary N) is 5. The minimum atomic E-state index is -0.0309. The van der Waals surface area contributed by atoms with Gasteiger partial charge in [-0.15, -0.1) is 0 Å². The summed E-state index contributed by atoms with van der Waals surface area (Å²) in [6.45, 7) is 3.35. The van der Waals surface area contributed by atoms with E-state index in [0.29, 0.717) is 62.8 Å². The first-order valence-electron chi connectivity index (χ1n) is 9.78. The lowest BCUT2D eigenvalue weighted by molar-refractivity contribution is 0.447. The van der Waals surface area contributed by atoms with E-state index in [1.807, 2.05) is 34.1 Å². The largest absolute Gasteiger partial charge is 0.399 e. The molecule has 2 aromatic rings. The van der Waals surface area contributed by atoms with Gasteiger partial charge in [0.1, 0.15) is 0 Å². The fourth-order valence-corrected chi connectivity index (χ4v) is 3.35. The van der Waals surface area contributed by atoms with Gasteiger partial charge in [-0.25, -0.2) is 0 Å². The van der Waals surface area contributed by atoms with Crippen LogP contribution >= 0.6 is 0 Å². The summed E-state index contributed by atoms with van der Waals surface area (Å²) in [4.78, 5) is 17.8. The van der Waals surface area contributed by atoms with Crippen molar-refractivity contribution in [2.24, 2.45) is 22.9 Å². The highest BCUT2D eigenvalue weighted by atomic mass is 15.4. The van der Waals surface area contributed by atoms with Crippen LogP contribution in [0.3, 0.4) is 0 Å². The molecular formula is C18H31N11. The molecule has 0 bridgehead atoms. The lowest BCUT2D eigenvalue weighted by Gasteiger charge is -2.35. The molecule has 2 atom stereocenters. The topological polar surface area (TPSA) is 187 Å². The number of benzene rings is 1. The fraction of sp³-hybridized carbons (Fsp3) is 0.500. The van der Waals surface area contributed by atoms with E-state index in [0.717, 1.165) is 12.1 Å². The molecule has 1 aliphatic heterocycles. The fourth-order valence-electron chi connectivity index (χ4n) is 3.35. The van der Waals surface area contributed by atoms with Crippen molar-refractivity contribution < 1.29 is 0 Å². The predicted molar refractivity (Wildman–Crippen MR) is 117 cm³/mol. The van der Waals surface area contributed by atoms with E-state index in [2.05, 4.69) is 20.3 Å². The van der Waals surface area contributed by atoms with Gasteiger partial charge in [-0.2, -0.15) is 15.0 Å². The molecule has 1 fully saturated rings. The molecule has 3 rings (SSSR count). The Kier molecular flexibility index (Phi) is 6.99. The van der Waals surface area contributed by atoms with Gasteiger partial charge in [0.2, 0.25) is 17.8 Å². The second-order valence-electron chi connectivity index (χ2n) is 7.23. The lowest BCUT2D eigenvalue weighted by Crippen LogP contribution is -2.53. The second kappa shape index (κ2) is 9.65. The molecule has 1 saturated heterocycles. The van der Waals surface area contributed by atoms with Crippen molar-refractivity contribution in [3.8, 4) is 0 Å². The highest BCUT2D eigenvalue weighted by Gasteiger charge is 2.26. The first-order valence-corrected chi connectivity index (χ1v) is 9.78. The normalized spacial score (nSPS) is 19.2. The number of anilines is 5. The van der Waals surface area contributed by atoms with Crippen molar-refractivity contribution in [2.75, 3.05) is 60.1 Å². The van der Waals surface area contributed by atoms with Crippen LogP contribution in [0.4, 0.5) is 29.2 Å². The Balaban J connectivity index is 1.95. The standard InChI is InChI=1S/C18H31N11/c19-5-7-28(8-6-20)17-25-16(24-15-3-1-12(21)2-4-15)26-18(27-17)29-10-13(22)9-14(23)11-29/h1-4,13-14H,5-11,19-23H2,(H,24,25,26,27)/t13-,14+. The van der Waals surface area contributed by atoms with Gasteiger partial charge in [0.05, 0.1) is 0 Å². The molecule has 11 nitrogen and oxygen atoms in total. The van der Waals surface area contributed by atoms with Crippen LogP contribution in [0.1, 0.15) is 6.42 Å². The van der Waals surface area contributed by atoms with Crippen molar-refractivity contribution in [1.82, 2.24) is 15.0 Å². The quantitative estimate of drug-likeness (QED) is 0.291. The Morgan fingerprint density at radius 3 is 2.17 bits per heavy atom. The van der Waals surface area contributed by atoms with Gasteiger partial charge < -0.3 is 43.8 Å². The van der Waals surface area contributed by atoms with Gasteiger partial charge in [0.25, 0.3) is 0 Å². The van der Waals surface area contributed by atoms with Gasteiger partial charge >= 0.3 is 0 Å². The summed E-state index contributed by atoms with van der Waals surface area (Å²) in [5.74, 6) is 1.45. The molecule has 2 heterocycles. The Morgan fingerprint density at radius 2 is 1.59 bits per heavy atom. The minimum absolute atomic E-state index is 0.0309. The zero-order valence-electron chi connectivity index (χ0n) is 16.5. The monoisotopic (exact) mass is 401 g/mol.